The van der Waals surface area contributed by atoms with Crippen LogP contribution in [0.2, 0.25) is 0 Å². The largest absolute Gasteiger partial charge is 0.361 e. The predicted octanol–water partition coefficient (Wildman–Crippen LogP) is 3.71. The lowest BCUT2D eigenvalue weighted by atomic mass is 10.0. The molecule has 0 saturated carbocycles. The molecule has 130 valence electrons. The van der Waals surface area contributed by atoms with Crippen molar-refractivity contribution in [3.05, 3.63) is 48.7 Å². The summed E-state index contributed by atoms with van der Waals surface area (Å²) < 4.78 is 0. The highest BCUT2D eigenvalue weighted by atomic mass is 32.2. The van der Waals surface area contributed by atoms with Gasteiger partial charge in [-0.1, -0.05) is 17.8 Å². The standard InChI is InChI=1S/C18H15N5O2S/c24-5-6-26-18-20-17(21-22-18)14-8-13(9-15(10-14)23-25)11-1-2-16-12(7-11)3-4-19-16/h1-5,7-10,19,23,25H,6H2,(H,20,21,22). The first kappa shape index (κ1) is 16.4. The molecule has 4 N–H and O–H groups in total. The van der Waals surface area contributed by atoms with Crippen LogP contribution < -0.4 is 5.48 Å². The smallest absolute Gasteiger partial charge is 0.209 e. The molecule has 0 saturated heterocycles. The molecule has 4 rings (SSSR count). The van der Waals surface area contributed by atoms with Gasteiger partial charge in [0.15, 0.2) is 5.82 Å². The molecule has 0 spiro atoms. The molecule has 0 amide bonds. The average molecular weight is 365 g/mol. The van der Waals surface area contributed by atoms with Gasteiger partial charge in [0, 0.05) is 17.3 Å². The van der Waals surface area contributed by atoms with Gasteiger partial charge in [-0.2, -0.15) is 0 Å². The van der Waals surface area contributed by atoms with Gasteiger partial charge in [0.1, 0.15) is 6.29 Å². The number of aromatic nitrogens is 4. The number of hydrogen-bond acceptors (Lipinski definition) is 6. The molecule has 0 unspecified atom stereocenters. The van der Waals surface area contributed by atoms with Crippen LogP contribution in [0.15, 0.2) is 53.8 Å². The van der Waals surface area contributed by atoms with Gasteiger partial charge in [-0.05, 0) is 52.9 Å². The highest BCUT2D eigenvalue weighted by Crippen LogP contribution is 2.31. The van der Waals surface area contributed by atoms with E-state index >= 15 is 0 Å². The monoisotopic (exact) mass is 365 g/mol. The van der Waals surface area contributed by atoms with E-state index in [9.17, 15) is 10.0 Å². The number of nitrogens with one attached hydrogen (secondary N) is 3. The van der Waals surface area contributed by atoms with E-state index < -0.39 is 0 Å². The van der Waals surface area contributed by atoms with E-state index in [0.29, 0.717) is 22.4 Å². The second-order valence-electron chi connectivity index (χ2n) is 5.63. The van der Waals surface area contributed by atoms with Gasteiger partial charge in [0.25, 0.3) is 0 Å². The molecule has 2 heterocycles. The van der Waals surface area contributed by atoms with Crippen LogP contribution in [0.25, 0.3) is 33.4 Å². The quantitative estimate of drug-likeness (QED) is 0.236. The lowest BCUT2D eigenvalue weighted by Crippen LogP contribution is -1.92. The summed E-state index contributed by atoms with van der Waals surface area (Å²) in [5, 5.41) is 18.0. The Hall–Kier alpha value is -3.10. The Morgan fingerprint density at radius 2 is 2.00 bits per heavy atom. The van der Waals surface area contributed by atoms with Crippen molar-refractivity contribution >= 4 is 34.6 Å². The number of H-pyrrole nitrogens is 2. The molecule has 0 fully saturated rings. The molecule has 2 aromatic carbocycles. The summed E-state index contributed by atoms with van der Waals surface area (Å²) in [6.07, 6.45) is 2.71. The zero-order chi connectivity index (χ0) is 17.9. The maximum absolute atomic E-state index is 10.5. The van der Waals surface area contributed by atoms with Crippen LogP contribution in [0.3, 0.4) is 0 Å². The van der Waals surface area contributed by atoms with Crippen LogP contribution >= 0.6 is 11.8 Å². The van der Waals surface area contributed by atoms with Crippen LogP contribution in [0.5, 0.6) is 0 Å². The van der Waals surface area contributed by atoms with E-state index in [2.05, 4.69) is 31.7 Å². The molecule has 7 nitrogen and oxygen atoms in total. The molecule has 0 aliphatic rings. The Labute approximate surface area is 152 Å². The van der Waals surface area contributed by atoms with E-state index in [1.54, 1.807) is 6.07 Å². The molecule has 0 atom stereocenters. The Morgan fingerprint density at radius 3 is 2.85 bits per heavy atom. The number of thioether (sulfide) groups is 1. The number of benzene rings is 2. The summed E-state index contributed by atoms with van der Waals surface area (Å²) in [6.45, 7) is 0. The second kappa shape index (κ2) is 7.03. The Balaban J connectivity index is 1.75. The van der Waals surface area contributed by atoms with Gasteiger partial charge < -0.3 is 9.78 Å². The van der Waals surface area contributed by atoms with Crippen LogP contribution in [-0.4, -0.2) is 37.4 Å². The van der Waals surface area contributed by atoms with Crippen molar-refractivity contribution < 1.29 is 10.0 Å². The van der Waals surface area contributed by atoms with Gasteiger partial charge >= 0.3 is 0 Å². The second-order valence-corrected chi connectivity index (χ2v) is 6.62. The Kier molecular flexibility index (Phi) is 4.42. The minimum atomic E-state index is 0.303. The summed E-state index contributed by atoms with van der Waals surface area (Å²) in [4.78, 5) is 18.1. The highest BCUT2D eigenvalue weighted by Gasteiger charge is 2.10. The third-order valence-electron chi connectivity index (χ3n) is 3.97. The molecule has 4 aromatic rings. The number of aldehydes is 1. The maximum Gasteiger partial charge on any atom is 0.209 e. The maximum atomic E-state index is 10.5. The summed E-state index contributed by atoms with van der Waals surface area (Å²) in [5.74, 6) is 0.872. The van der Waals surface area contributed by atoms with Crippen LogP contribution in [0.1, 0.15) is 0 Å². The van der Waals surface area contributed by atoms with Crippen LogP contribution in [0, 0.1) is 0 Å². The van der Waals surface area contributed by atoms with E-state index in [1.807, 2.05) is 36.5 Å². The number of carbonyl (C=O) groups is 1. The van der Waals surface area contributed by atoms with Crippen molar-refractivity contribution in [2.75, 3.05) is 11.2 Å². The van der Waals surface area contributed by atoms with E-state index in [0.717, 1.165) is 33.9 Å². The van der Waals surface area contributed by atoms with E-state index in [-0.39, 0.29) is 0 Å². The van der Waals surface area contributed by atoms with Gasteiger partial charge in [0.2, 0.25) is 5.16 Å². The van der Waals surface area contributed by atoms with Crippen molar-refractivity contribution in [3.8, 4) is 22.5 Å². The van der Waals surface area contributed by atoms with Gasteiger partial charge in [-0.25, -0.2) is 4.98 Å². The van der Waals surface area contributed by atoms with E-state index in [4.69, 9.17) is 0 Å². The first-order valence-corrected chi connectivity index (χ1v) is 8.87. The third kappa shape index (κ3) is 3.19. The van der Waals surface area contributed by atoms with Crippen molar-refractivity contribution in [1.29, 1.82) is 0 Å². The molecule has 0 aliphatic heterocycles. The lowest BCUT2D eigenvalue weighted by molar-refractivity contribution is -0.105. The number of carbonyl (C=O) groups excluding carboxylic acids is 1. The minimum absolute atomic E-state index is 0.303. The minimum Gasteiger partial charge on any atom is -0.361 e. The number of nitrogens with zero attached hydrogens (tertiary/aromatic N) is 2. The normalized spacial score (nSPS) is 11.0. The fraction of sp³-hybridized carbons (Fsp3) is 0.0556. The van der Waals surface area contributed by atoms with Gasteiger partial charge in [0.05, 0.1) is 11.4 Å². The summed E-state index contributed by atoms with van der Waals surface area (Å²) in [6, 6.07) is 13.7. The fourth-order valence-corrected chi connectivity index (χ4v) is 3.26. The SMILES string of the molecule is O=CCSc1n[nH]c(-c2cc(NO)cc(-c3ccc4[nH]ccc4c3)c2)n1. The van der Waals surface area contributed by atoms with Crippen molar-refractivity contribution in [2.24, 2.45) is 0 Å². The number of fused-ring (bicyclic) bond motifs is 1. The molecule has 8 heteroatoms. The molecular formula is C18H15N5O2S. The molecule has 26 heavy (non-hydrogen) atoms. The lowest BCUT2D eigenvalue weighted by Gasteiger charge is -2.08. The third-order valence-corrected chi connectivity index (χ3v) is 4.71. The zero-order valence-electron chi connectivity index (χ0n) is 13.6. The van der Waals surface area contributed by atoms with Crippen molar-refractivity contribution in [2.45, 2.75) is 5.16 Å². The molecule has 0 bridgehead atoms. The average Bonchev–Trinajstić information content (AvgIpc) is 3.34. The number of anilines is 1. The zero-order valence-corrected chi connectivity index (χ0v) is 14.4. The molecular weight excluding hydrogens is 350 g/mol. The molecule has 0 aliphatic carbocycles. The number of rotatable bonds is 6. The summed E-state index contributed by atoms with van der Waals surface area (Å²) >= 11 is 1.26. The first-order valence-electron chi connectivity index (χ1n) is 7.89. The van der Waals surface area contributed by atoms with Gasteiger partial charge in [-0.3, -0.25) is 15.8 Å². The summed E-state index contributed by atoms with van der Waals surface area (Å²) in [5.41, 5.74) is 6.54. The Morgan fingerprint density at radius 1 is 1.12 bits per heavy atom. The predicted molar refractivity (Wildman–Crippen MR) is 101 cm³/mol. The Bertz CT molecular complexity index is 1070. The van der Waals surface area contributed by atoms with E-state index in [1.165, 1.54) is 11.8 Å². The van der Waals surface area contributed by atoms with Crippen molar-refractivity contribution in [3.63, 3.8) is 0 Å². The topological polar surface area (TPSA) is 107 Å². The molecule has 2 aromatic heterocycles. The number of aromatic amines is 2. The van der Waals surface area contributed by atoms with Gasteiger partial charge in [-0.15, -0.1) is 5.10 Å². The first-order chi connectivity index (χ1) is 12.8. The van der Waals surface area contributed by atoms with Crippen LogP contribution in [0.4, 0.5) is 5.69 Å². The number of hydrogen-bond donors (Lipinski definition) is 4. The highest BCUT2D eigenvalue weighted by molar-refractivity contribution is 7.99. The van der Waals surface area contributed by atoms with Crippen molar-refractivity contribution in [1.82, 2.24) is 20.2 Å². The summed E-state index contributed by atoms with van der Waals surface area (Å²) in [7, 11) is 0. The van der Waals surface area contributed by atoms with Crippen LogP contribution in [-0.2, 0) is 4.79 Å². The fourth-order valence-electron chi connectivity index (χ4n) is 2.78. The molecule has 0 radical (unpaired) electrons.